The van der Waals surface area contributed by atoms with E-state index in [-0.39, 0.29) is 17.0 Å². The molecule has 0 fully saturated rings. The second kappa shape index (κ2) is 6.01. The number of aromatic nitrogens is 1. The van der Waals surface area contributed by atoms with Gasteiger partial charge < -0.3 is 21.9 Å². The van der Waals surface area contributed by atoms with Crippen LogP contribution in [0.5, 0.6) is 0 Å². The fraction of sp³-hybridized carbons (Fsp3) is 0.417. The SMILES string of the molecule is CC(C)[NH+]1C=CN(Cc2ccccn2)C1.[Br-]. The van der Waals surface area contributed by atoms with E-state index < -0.39 is 0 Å². The van der Waals surface area contributed by atoms with Crippen LogP contribution in [0.25, 0.3) is 0 Å². The highest BCUT2D eigenvalue weighted by atomic mass is 79.9. The third-order valence-corrected chi connectivity index (χ3v) is 2.72. The first-order valence-electron chi connectivity index (χ1n) is 5.43. The zero-order chi connectivity index (χ0) is 10.7. The van der Waals surface area contributed by atoms with Crippen molar-refractivity contribution >= 4 is 0 Å². The van der Waals surface area contributed by atoms with Crippen molar-refractivity contribution in [3.63, 3.8) is 0 Å². The van der Waals surface area contributed by atoms with Crippen molar-refractivity contribution in [2.24, 2.45) is 0 Å². The summed E-state index contributed by atoms with van der Waals surface area (Å²) in [5, 5.41) is 0. The van der Waals surface area contributed by atoms with Crippen LogP contribution in [0.4, 0.5) is 0 Å². The molecule has 0 bridgehead atoms. The second-order valence-electron chi connectivity index (χ2n) is 4.27. The predicted octanol–water partition coefficient (Wildman–Crippen LogP) is -2.38. The van der Waals surface area contributed by atoms with Crippen molar-refractivity contribution in [2.75, 3.05) is 6.67 Å². The molecule has 4 heteroatoms. The van der Waals surface area contributed by atoms with Gasteiger partial charge in [-0.2, -0.15) is 0 Å². The second-order valence-corrected chi connectivity index (χ2v) is 4.27. The molecule has 3 nitrogen and oxygen atoms in total. The molecule has 0 aromatic carbocycles. The number of quaternary nitrogens is 1. The van der Waals surface area contributed by atoms with Gasteiger partial charge in [0.05, 0.1) is 24.5 Å². The Morgan fingerprint density at radius 3 is 2.81 bits per heavy atom. The molecule has 1 aromatic heterocycles. The summed E-state index contributed by atoms with van der Waals surface area (Å²) in [7, 11) is 0. The summed E-state index contributed by atoms with van der Waals surface area (Å²) < 4.78 is 0. The summed E-state index contributed by atoms with van der Waals surface area (Å²) in [6.45, 7) is 6.44. The molecule has 0 saturated heterocycles. The molecule has 0 radical (unpaired) electrons. The molecular weight excluding hydrogens is 266 g/mol. The van der Waals surface area contributed by atoms with Gasteiger partial charge in [0.15, 0.2) is 6.67 Å². The van der Waals surface area contributed by atoms with Crippen molar-refractivity contribution in [2.45, 2.75) is 26.4 Å². The van der Waals surface area contributed by atoms with Gasteiger partial charge in [-0.1, -0.05) is 6.07 Å². The Morgan fingerprint density at radius 2 is 2.25 bits per heavy atom. The normalized spacial score (nSPS) is 18.9. The molecule has 1 atom stereocenters. The van der Waals surface area contributed by atoms with Crippen LogP contribution in [-0.4, -0.2) is 22.6 Å². The summed E-state index contributed by atoms with van der Waals surface area (Å²) in [6, 6.07) is 6.71. The van der Waals surface area contributed by atoms with Crippen LogP contribution >= 0.6 is 0 Å². The minimum atomic E-state index is 0. The van der Waals surface area contributed by atoms with E-state index in [9.17, 15) is 0 Å². The number of hydrogen-bond acceptors (Lipinski definition) is 2. The van der Waals surface area contributed by atoms with Crippen LogP contribution in [-0.2, 0) is 6.54 Å². The Labute approximate surface area is 108 Å². The van der Waals surface area contributed by atoms with Gasteiger partial charge in [-0.3, -0.25) is 9.88 Å². The van der Waals surface area contributed by atoms with Gasteiger partial charge in [-0.25, -0.2) is 0 Å². The summed E-state index contributed by atoms with van der Waals surface area (Å²) in [5.41, 5.74) is 1.13. The summed E-state index contributed by atoms with van der Waals surface area (Å²) in [5.74, 6) is 0. The van der Waals surface area contributed by atoms with E-state index in [1.54, 1.807) is 0 Å². The fourth-order valence-electron chi connectivity index (χ4n) is 1.72. The Balaban J connectivity index is 0.00000128. The van der Waals surface area contributed by atoms with Crippen LogP contribution in [0, 0.1) is 0 Å². The van der Waals surface area contributed by atoms with E-state index in [0.717, 1.165) is 18.9 Å². The average molecular weight is 284 g/mol. The van der Waals surface area contributed by atoms with E-state index in [0.29, 0.717) is 6.04 Å². The van der Waals surface area contributed by atoms with Gasteiger partial charge in [0.2, 0.25) is 0 Å². The molecule has 0 amide bonds. The third kappa shape index (κ3) is 3.32. The van der Waals surface area contributed by atoms with Crippen molar-refractivity contribution in [3.8, 4) is 0 Å². The summed E-state index contributed by atoms with van der Waals surface area (Å²) in [4.78, 5) is 8.14. The molecule has 0 aliphatic carbocycles. The fourth-order valence-corrected chi connectivity index (χ4v) is 1.72. The maximum Gasteiger partial charge on any atom is 0.157 e. The molecule has 16 heavy (non-hydrogen) atoms. The van der Waals surface area contributed by atoms with Crippen LogP contribution in [0.15, 0.2) is 36.8 Å². The molecular formula is C12H18BrN3. The monoisotopic (exact) mass is 283 g/mol. The van der Waals surface area contributed by atoms with Crippen molar-refractivity contribution < 1.29 is 21.9 Å². The van der Waals surface area contributed by atoms with Crippen LogP contribution in [0.1, 0.15) is 19.5 Å². The first kappa shape index (κ1) is 13.2. The maximum absolute atomic E-state index is 4.33. The topological polar surface area (TPSA) is 20.6 Å². The number of rotatable bonds is 3. The highest BCUT2D eigenvalue weighted by Gasteiger charge is 2.19. The first-order chi connectivity index (χ1) is 7.25. The van der Waals surface area contributed by atoms with Crippen LogP contribution < -0.4 is 21.9 Å². The average Bonchev–Trinajstić information content (AvgIpc) is 2.68. The number of hydrogen-bond donors (Lipinski definition) is 1. The predicted molar refractivity (Wildman–Crippen MR) is 59.9 cm³/mol. The minimum Gasteiger partial charge on any atom is -1.00 e. The molecule has 1 aliphatic rings. The van der Waals surface area contributed by atoms with Crippen molar-refractivity contribution in [3.05, 3.63) is 42.5 Å². The van der Waals surface area contributed by atoms with E-state index in [2.05, 4.69) is 42.2 Å². The highest BCUT2D eigenvalue weighted by molar-refractivity contribution is 5.04. The number of nitrogens with one attached hydrogen (secondary N) is 1. The van der Waals surface area contributed by atoms with E-state index in [1.165, 1.54) is 4.90 Å². The van der Waals surface area contributed by atoms with Crippen molar-refractivity contribution in [1.29, 1.82) is 0 Å². The van der Waals surface area contributed by atoms with E-state index in [1.807, 2.05) is 18.3 Å². The lowest BCUT2D eigenvalue weighted by Gasteiger charge is -2.19. The van der Waals surface area contributed by atoms with Crippen molar-refractivity contribution in [1.82, 2.24) is 9.88 Å². The summed E-state index contributed by atoms with van der Waals surface area (Å²) >= 11 is 0. The third-order valence-electron chi connectivity index (χ3n) is 2.72. The number of pyridine rings is 1. The largest absolute Gasteiger partial charge is 1.00 e. The zero-order valence-corrected chi connectivity index (χ0v) is 11.3. The van der Waals surface area contributed by atoms with Crippen LogP contribution in [0.3, 0.4) is 0 Å². The molecule has 0 spiro atoms. The maximum atomic E-state index is 4.33. The van der Waals surface area contributed by atoms with Gasteiger partial charge in [-0.05, 0) is 26.0 Å². The Bertz CT molecular complexity index is 337. The van der Waals surface area contributed by atoms with Gasteiger partial charge in [0, 0.05) is 6.20 Å². The Hall–Kier alpha value is -0.870. The van der Waals surface area contributed by atoms with Crippen LogP contribution in [0.2, 0.25) is 0 Å². The lowest BCUT2D eigenvalue weighted by atomic mass is 10.3. The molecule has 1 aromatic rings. The van der Waals surface area contributed by atoms with Gasteiger partial charge in [-0.15, -0.1) is 0 Å². The lowest BCUT2D eigenvalue weighted by molar-refractivity contribution is -0.872. The molecule has 1 aliphatic heterocycles. The quantitative estimate of drug-likeness (QED) is 0.669. The Kier molecular flexibility index (Phi) is 4.96. The van der Waals surface area contributed by atoms with E-state index >= 15 is 0 Å². The highest BCUT2D eigenvalue weighted by Crippen LogP contribution is 2.01. The molecule has 0 saturated carbocycles. The van der Waals surface area contributed by atoms with E-state index in [4.69, 9.17) is 0 Å². The minimum absolute atomic E-state index is 0. The lowest BCUT2D eigenvalue weighted by Crippen LogP contribution is -3.10. The zero-order valence-electron chi connectivity index (χ0n) is 9.73. The van der Waals surface area contributed by atoms with Gasteiger partial charge in [0.25, 0.3) is 0 Å². The molecule has 2 heterocycles. The number of nitrogens with zero attached hydrogens (tertiary/aromatic N) is 2. The molecule has 1 unspecified atom stereocenters. The first-order valence-corrected chi connectivity index (χ1v) is 5.43. The van der Waals surface area contributed by atoms with Gasteiger partial charge in [0.1, 0.15) is 6.20 Å². The molecule has 88 valence electrons. The molecule has 2 rings (SSSR count). The standard InChI is InChI=1S/C12H17N3.BrH/c1-11(2)15-8-7-14(10-15)9-12-5-3-4-6-13-12;/h3-8,11H,9-10H2,1-2H3;1H. The van der Waals surface area contributed by atoms with Gasteiger partial charge >= 0.3 is 0 Å². The molecule has 1 N–H and O–H groups in total. The Morgan fingerprint density at radius 1 is 1.44 bits per heavy atom. The smallest absolute Gasteiger partial charge is 0.157 e. The summed E-state index contributed by atoms with van der Waals surface area (Å²) in [6.07, 6.45) is 6.25. The number of halogens is 1.